The van der Waals surface area contributed by atoms with Crippen molar-refractivity contribution in [3.8, 4) is 5.69 Å². The van der Waals surface area contributed by atoms with Crippen molar-refractivity contribution >= 4 is 5.52 Å². The molecule has 4 heterocycles. The number of rotatable bonds is 8. The van der Waals surface area contributed by atoms with Gasteiger partial charge in [0.15, 0.2) is 0 Å². The van der Waals surface area contributed by atoms with Crippen LogP contribution in [0.4, 0.5) is 13.2 Å². The van der Waals surface area contributed by atoms with E-state index in [1.165, 1.54) is 23.4 Å². The number of fused-ring (bicyclic) bond motifs is 1. The number of ether oxygens (including phenoxy) is 1. The standard InChI is InChI=1S/C28H35F3N6O2/c1-34-17-35(2)33-26(34)25(20-5-3-6-20)21-7-4-8-22(10-21)36-14-24-23(28(29,30)31)9-18(13-37(24)27(36)38)11-32-12-19-15-39-16-19/h4,7-10,13-14,19-20,25-26,32-33H,3,5-6,11-12,15-17H2,1-2H3/t25-,26?/m1/s1. The van der Waals surface area contributed by atoms with Crippen molar-refractivity contribution in [2.24, 2.45) is 11.8 Å². The molecule has 2 saturated heterocycles. The van der Waals surface area contributed by atoms with E-state index in [1.807, 2.05) is 19.2 Å². The van der Waals surface area contributed by atoms with E-state index >= 15 is 0 Å². The first-order valence-corrected chi connectivity index (χ1v) is 13.6. The molecule has 6 rings (SSSR count). The molecular weight excluding hydrogens is 509 g/mol. The van der Waals surface area contributed by atoms with E-state index in [-0.39, 0.29) is 24.1 Å². The van der Waals surface area contributed by atoms with Gasteiger partial charge in [-0.15, -0.1) is 0 Å². The van der Waals surface area contributed by atoms with Crippen LogP contribution in [0.25, 0.3) is 11.2 Å². The summed E-state index contributed by atoms with van der Waals surface area (Å²) in [5.74, 6) is 1.08. The maximum Gasteiger partial charge on any atom is 0.418 e. The molecule has 2 aromatic heterocycles. The summed E-state index contributed by atoms with van der Waals surface area (Å²) in [6, 6.07) is 8.86. The Bertz CT molecular complexity index is 1390. The van der Waals surface area contributed by atoms with Crippen molar-refractivity contribution in [2.45, 2.75) is 44.1 Å². The summed E-state index contributed by atoms with van der Waals surface area (Å²) in [7, 11) is 4.10. The molecule has 0 bridgehead atoms. The molecule has 8 nitrogen and oxygen atoms in total. The second-order valence-electron chi connectivity index (χ2n) is 11.3. The first-order valence-electron chi connectivity index (χ1n) is 13.6. The molecule has 0 radical (unpaired) electrons. The minimum absolute atomic E-state index is 0.110. The van der Waals surface area contributed by atoms with Crippen LogP contribution in [0.5, 0.6) is 0 Å². The number of alkyl halides is 3. The van der Waals surface area contributed by atoms with Crippen LogP contribution in [0.1, 0.15) is 41.9 Å². The minimum atomic E-state index is -4.59. The second kappa shape index (κ2) is 10.4. The molecule has 2 aliphatic heterocycles. The van der Waals surface area contributed by atoms with Gasteiger partial charge in [-0.25, -0.2) is 15.2 Å². The van der Waals surface area contributed by atoms with Crippen molar-refractivity contribution in [1.29, 1.82) is 0 Å². The number of hydrogen-bond donors (Lipinski definition) is 2. The highest BCUT2D eigenvalue weighted by molar-refractivity contribution is 5.58. The summed E-state index contributed by atoms with van der Waals surface area (Å²) >= 11 is 0. The summed E-state index contributed by atoms with van der Waals surface area (Å²) in [6.07, 6.45) is 1.83. The smallest absolute Gasteiger partial charge is 0.381 e. The lowest BCUT2D eigenvalue weighted by Crippen LogP contribution is -2.44. The number of aromatic nitrogens is 2. The highest BCUT2D eigenvalue weighted by Gasteiger charge is 2.40. The molecule has 1 aliphatic carbocycles. The largest absolute Gasteiger partial charge is 0.418 e. The van der Waals surface area contributed by atoms with Gasteiger partial charge in [-0.1, -0.05) is 18.6 Å². The number of pyridine rings is 1. The van der Waals surface area contributed by atoms with Crippen molar-refractivity contribution in [3.05, 3.63) is 69.9 Å². The highest BCUT2D eigenvalue weighted by Crippen LogP contribution is 2.43. The molecular formula is C28H35F3N6O2. The number of hydrogen-bond acceptors (Lipinski definition) is 6. The topological polar surface area (TPSA) is 66.2 Å². The van der Waals surface area contributed by atoms with Crippen molar-refractivity contribution in [2.75, 3.05) is 40.5 Å². The molecule has 3 fully saturated rings. The van der Waals surface area contributed by atoms with Gasteiger partial charge in [-0.3, -0.25) is 13.9 Å². The van der Waals surface area contributed by atoms with Crippen molar-refractivity contribution in [3.63, 3.8) is 0 Å². The predicted octanol–water partition coefficient (Wildman–Crippen LogP) is 3.39. The average molecular weight is 545 g/mol. The molecule has 2 N–H and O–H groups in total. The van der Waals surface area contributed by atoms with Gasteiger partial charge in [-0.2, -0.15) is 13.2 Å². The Morgan fingerprint density at radius 3 is 2.56 bits per heavy atom. The Labute approximate surface area is 225 Å². The quantitative estimate of drug-likeness (QED) is 0.454. The van der Waals surface area contributed by atoms with E-state index in [9.17, 15) is 18.0 Å². The second-order valence-corrected chi connectivity index (χ2v) is 11.3. The molecule has 11 heteroatoms. The van der Waals surface area contributed by atoms with E-state index < -0.39 is 17.4 Å². The molecule has 1 saturated carbocycles. The Balaban J connectivity index is 1.36. The van der Waals surface area contributed by atoms with Crippen LogP contribution in [-0.2, 0) is 17.5 Å². The number of nitrogens with zero attached hydrogens (tertiary/aromatic N) is 4. The van der Waals surface area contributed by atoms with Gasteiger partial charge in [0.1, 0.15) is 0 Å². The number of hydrazine groups is 1. The first-order chi connectivity index (χ1) is 18.7. The van der Waals surface area contributed by atoms with Gasteiger partial charge in [0, 0.05) is 44.4 Å². The van der Waals surface area contributed by atoms with Gasteiger partial charge < -0.3 is 10.1 Å². The Hall–Kier alpha value is -2.70. The zero-order chi connectivity index (χ0) is 27.3. The third-order valence-corrected chi connectivity index (χ3v) is 8.39. The Morgan fingerprint density at radius 1 is 1.15 bits per heavy atom. The Kier molecular flexibility index (Phi) is 7.05. The van der Waals surface area contributed by atoms with Crippen LogP contribution in [0, 0.1) is 11.8 Å². The minimum Gasteiger partial charge on any atom is -0.381 e. The molecule has 2 atom stereocenters. The molecule has 210 valence electrons. The fourth-order valence-electron chi connectivity index (χ4n) is 6.11. The monoisotopic (exact) mass is 544 g/mol. The van der Waals surface area contributed by atoms with E-state index in [1.54, 1.807) is 6.07 Å². The summed E-state index contributed by atoms with van der Waals surface area (Å²) in [6.45, 7) is 3.01. The van der Waals surface area contributed by atoms with Crippen LogP contribution < -0.4 is 16.4 Å². The summed E-state index contributed by atoms with van der Waals surface area (Å²) < 4.78 is 50.0. The average Bonchev–Trinajstić information content (AvgIpc) is 3.34. The molecule has 39 heavy (non-hydrogen) atoms. The molecule has 0 amide bonds. The lowest BCUT2D eigenvalue weighted by atomic mass is 9.71. The third kappa shape index (κ3) is 5.14. The van der Waals surface area contributed by atoms with Crippen LogP contribution >= 0.6 is 0 Å². The zero-order valence-electron chi connectivity index (χ0n) is 22.2. The van der Waals surface area contributed by atoms with Gasteiger partial charge in [0.2, 0.25) is 0 Å². The van der Waals surface area contributed by atoms with Gasteiger partial charge in [0.25, 0.3) is 0 Å². The molecule has 3 aliphatic rings. The normalized spacial score (nSPS) is 22.3. The van der Waals surface area contributed by atoms with Crippen molar-refractivity contribution in [1.82, 2.24) is 29.6 Å². The van der Waals surface area contributed by atoms with E-state index in [4.69, 9.17) is 4.74 Å². The number of likely N-dealkylation sites (N-methyl/N-ethyl adjacent to an activating group) is 1. The molecule has 3 aromatic rings. The van der Waals surface area contributed by atoms with Crippen LogP contribution in [0.15, 0.2) is 47.5 Å². The van der Waals surface area contributed by atoms with Crippen LogP contribution in [0.3, 0.4) is 0 Å². The number of halogens is 3. The van der Waals surface area contributed by atoms with Gasteiger partial charge >= 0.3 is 11.9 Å². The predicted molar refractivity (Wildman–Crippen MR) is 141 cm³/mol. The molecule has 0 spiro atoms. The van der Waals surface area contributed by atoms with Crippen LogP contribution in [0.2, 0.25) is 0 Å². The highest BCUT2D eigenvalue weighted by atomic mass is 19.4. The van der Waals surface area contributed by atoms with Gasteiger partial charge in [0.05, 0.1) is 42.8 Å². The fraction of sp³-hybridized carbons (Fsp3) is 0.536. The summed E-state index contributed by atoms with van der Waals surface area (Å²) in [5, 5.41) is 5.26. The van der Waals surface area contributed by atoms with E-state index in [2.05, 4.69) is 33.8 Å². The molecule has 1 aromatic carbocycles. The third-order valence-electron chi connectivity index (χ3n) is 8.39. The maximum absolute atomic E-state index is 14.1. The van der Waals surface area contributed by atoms with Crippen LogP contribution in [-0.4, -0.2) is 65.6 Å². The van der Waals surface area contributed by atoms with Gasteiger partial charge in [-0.05, 0) is 55.1 Å². The zero-order valence-corrected chi connectivity index (χ0v) is 22.2. The SMILES string of the molecule is CN1CN(C)C([C@@H](c2cccc(-n3cc4c(C(F)(F)F)cc(CNCC5COC5)cn4c3=O)c2)C2CCC2)N1. The lowest BCUT2D eigenvalue weighted by Gasteiger charge is -2.39. The van der Waals surface area contributed by atoms with E-state index in [0.717, 1.165) is 35.5 Å². The van der Waals surface area contributed by atoms with Crippen molar-refractivity contribution < 1.29 is 17.9 Å². The van der Waals surface area contributed by atoms with E-state index in [0.29, 0.717) is 42.8 Å². The number of imidazole rings is 1. The first kappa shape index (κ1) is 26.5. The maximum atomic E-state index is 14.1. The molecule has 1 unspecified atom stereocenters. The fourth-order valence-corrected chi connectivity index (χ4v) is 6.11. The lowest BCUT2D eigenvalue weighted by molar-refractivity contribution is -0.136. The number of nitrogens with one attached hydrogen (secondary N) is 2. The Morgan fingerprint density at radius 2 is 1.95 bits per heavy atom. The summed E-state index contributed by atoms with van der Waals surface area (Å²) in [4.78, 5) is 15.8. The summed E-state index contributed by atoms with van der Waals surface area (Å²) in [5.41, 5.74) is 4.14. The number of benzene rings is 1.